The number of nitrogens with zero attached hydrogens (tertiary/aromatic N) is 4. The fraction of sp³-hybridized carbons (Fsp3) is 0.680. The summed E-state index contributed by atoms with van der Waals surface area (Å²) < 4.78 is 13.0. The minimum absolute atomic E-state index is 0.0932. The fourth-order valence-corrected chi connectivity index (χ4v) is 5.02. The van der Waals surface area contributed by atoms with Crippen LogP contribution < -0.4 is 10.6 Å². The van der Waals surface area contributed by atoms with Crippen molar-refractivity contribution in [3.8, 4) is 0 Å². The summed E-state index contributed by atoms with van der Waals surface area (Å²) in [5, 5.41) is 23.3. The highest BCUT2D eigenvalue weighted by molar-refractivity contribution is 5.96. The molecule has 3 heterocycles. The van der Waals surface area contributed by atoms with E-state index in [9.17, 15) is 24.3 Å². The summed E-state index contributed by atoms with van der Waals surface area (Å²) in [4.78, 5) is 52.9. The van der Waals surface area contributed by atoms with E-state index in [1.807, 2.05) is 0 Å². The highest BCUT2D eigenvalue weighted by Gasteiger charge is 2.61. The normalized spacial score (nSPS) is 30.6. The van der Waals surface area contributed by atoms with E-state index in [1.54, 1.807) is 24.7 Å². The number of rotatable bonds is 5. The smallest absolute Gasteiger partial charge is 0.407 e. The Morgan fingerprint density at radius 1 is 1.32 bits per heavy atom. The molecule has 1 aromatic heterocycles. The van der Waals surface area contributed by atoms with E-state index in [1.165, 1.54) is 11.0 Å². The predicted molar refractivity (Wildman–Crippen MR) is 132 cm³/mol. The number of aromatic nitrogens is 3. The SMILES string of the molecule is C=CC1C[C@]1(NC(=O)[C@@H]1C[C@@H]2CN1C(=O)[C@H](C(C)C)NC(=O)OCCCCCn1cc(nn1)CO2)C(=O)O. The van der Waals surface area contributed by atoms with Crippen molar-refractivity contribution in [3.63, 3.8) is 0 Å². The van der Waals surface area contributed by atoms with Crippen LogP contribution in [0, 0.1) is 11.8 Å². The van der Waals surface area contributed by atoms with Crippen molar-refractivity contribution < 1.29 is 33.8 Å². The first-order valence-electron chi connectivity index (χ1n) is 13.1. The van der Waals surface area contributed by atoms with Gasteiger partial charge in [0.15, 0.2) is 0 Å². The molecule has 1 aliphatic carbocycles. The Hall–Kier alpha value is -3.48. The lowest BCUT2D eigenvalue weighted by molar-refractivity contribution is -0.145. The summed E-state index contributed by atoms with van der Waals surface area (Å²) in [5.41, 5.74) is -0.805. The molecular formula is C25H36N6O7. The van der Waals surface area contributed by atoms with Crippen molar-refractivity contribution in [1.29, 1.82) is 0 Å². The molecule has 4 rings (SSSR count). The molecule has 5 atom stereocenters. The lowest BCUT2D eigenvalue weighted by Crippen LogP contribution is -2.57. The second-order valence-electron chi connectivity index (χ2n) is 10.5. The predicted octanol–water partition coefficient (Wildman–Crippen LogP) is 0.844. The van der Waals surface area contributed by atoms with Gasteiger partial charge in [0, 0.05) is 25.4 Å². The molecule has 0 spiro atoms. The Morgan fingerprint density at radius 3 is 2.79 bits per heavy atom. The third-order valence-corrected chi connectivity index (χ3v) is 7.40. The largest absolute Gasteiger partial charge is 0.479 e. The van der Waals surface area contributed by atoms with Crippen LogP contribution in [0.4, 0.5) is 4.79 Å². The minimum Gasteiger partial charge on any atom is -0.479 e. The van der Waals surface area contributed by atoms with Crippen molar-refractivity contribution in [3.05, 3.63) is 24.5 Å². The van der Waals surface area contributed by atoms with Crippen LogP contribution in [0.15, 0.2) is 18.9 Å². The Kier molecular flexibility index (Phi) is 8.34. The summed E-state index contributed by atoms with van der Waals surface area (Å²) in [6.45, 7) is 8.34. The van der Waals surface area contributed by atoms with Gasteiger partial charge in [-0.05, 0) is 31.6 Å². The minimum atomic E-state index is -1.43. The number of aryl methyl sites for hydroxylation is 1. The zero-order valence-electron chi connectivity index (χ0n) is 21.8. The van der Waals surface area contributed by atoms with Gasteiger partial charge >= 0.3 is 12.1 Å². The van der Waals surface area contributed by atoms with Gasteiger partial charge in [0.2, 0.25) is 11.8 Å². The van der Waals surface area contributed by atoms with E-state index < -0.39 is 53.5 Å². The molecule has 3 aliphatic rings. The van der Waals surface area contributed by atoms with Crippen molar-refractivity contribution >= 4 is 23.9 Å². The number of nitrogens with one attached hydrogen (secondary N) is 2. The number of cyclic esters (lactones) is 1. The van der Waals surface area contributed by atoms with Crippen LogP contribution in [-0.4, -0.2) is 85.8 Å². The number of carbonyl (C=O) groups is 4. The maximum absolute atomic E-state index is 13.7. The zero-order chi connectivity index (χ0) is 27.4. The molecule has 2 fully saturated rings. The van der Waals surface area contributed by atoms with E-state index in [2.05, 4.69) is 27.5 Å². The van der Waals surface area contributed by atoms with Gasteiger partial charge in [-0.15, -0.1) is 11.7 Å². The average Bonchev–Trinajstić information content (AvgIpc) is 3.19. The number of carboxylic acid groups (broad SMARTS) is 1. The van der Waals surface area contributed by atoms with Gasteiger partial charge in [-0.2, -0.15) is 0 Å². The van der Waals surface area contributed by atoms with E-state index in [0.29, 0.717) is 18.7 Å². The molecule has 3 amide bonds. The molecule has 208 valence electrons. The maximum Gasteiger partial charge on any atom is 0.407 e. The van der Waals surface area contributed by atoms with Gasteiger partial charge < -0.3 is 30.1 Å². The van der Waals surface area contributed by atoms with E-state index in [-0.39, 0.29) is 38.5 Å². The Labute approximate surface area is 220 Å². The van der Waals surface area contributed by atoms with Crippen LogP contribution in [0.3, 0.4) is 0 Å². The molecule has 1 saturated carbocycles. The van der Waals surface area contributed by atoms with Crippen LogP contribution in [0.5, 0.6) is 0 Å². The van der Waals surface area contributed by atoms with Crippen molar-refractivity contribution in [2.45, 2.75) is 82.8 Å². The van der Waals surface area contributed by atoms with Gasteiger partial charge in [0.25, 0.3) is 0 Å². The van der Waals surface area contributed by atoms with Gasteiger partial charge in [0.05, 0.1) is 25.5 Å². The number of hydrogen-bond donors (Lipinski definition) is 3. The molecule has 13 heteroatoms. The van der Waals surface area contributed by atoms with Crippen LogP contribution in [0.25, 0.3) is 0 Å². The first-order chi connectivity index (χ1) is 18.1. The third kappa shape index (κ3) is 5.98. The number of alkyl carbamates (subject to hydrolysis) is 1. The number of amides is 3. The summed E-state index contributed by atoms with van der Waals surface area (Å²) in [5.74, 6) is -2.89. The highest BCUT2D eigenvalue weighted by Crippen LogP contribution is 2.45. The zero-order valence-corrected chi connectivity index (χ0v) is 21.8. The van der Waals surface area contributed by atoms with Crippen LogP contribution >= 0.6 is 0 Å². The molecule has 3 N–H and O–H groups in total. The van der Waals surface area contributed by atoms with Gasteiger partial charge in [-0.3, -0.25) is 14.3 Å². The van der Waals surface area contributed by atoms with E-state index in [4.69, 9.17) is 9.47 Å². The molecule has 13 nitrogen and oxygen atoms in total. The number of carbonyl (C=O) groups excluding carboxylic acids is 3. The third-order valence-electron chi connectivity index (χ3n) is 7.40. The standard InChI is InChI=1S/C25H36N6O7/c1-4-16-11-25(16,23(34)35)27-21(32)19-10-18-13-31(19)22(33)20(15(2)3)26-24(36)37-9-7-5-6-8-30-12-17(14-38-18)28-29-30/h4,12,15-16,18-20H,1,5-11,13-14H2,2-3H3,(H,26,36)(H,27,32)(H,34,35)/t16?,18-,19+,20+,25-/m1/s1. The van der Waals surface area contributed by atoms with Crippen molar-refractivity contribution in [1.82, 2.24) is 30.5 Å². The maximum atomic E-state index is 13.7. The fourth-order valence-electron chi connectivity index (χ4n) is 5.02. The first-order valence-corrected chi connectivity index (χ1v) is 13.1. The number of fused-ring (bicyclic) bond motifs is 4. The van der Waals surface area contributed by atoms with E-state index >= 15 is 0 Å². The Balaban J connectivity index is 1.56. The summed E-state index contributed by atoms with van der Waals surface area (Å²) in [6, 6.07) is -1.92. The molecule has 2 aliphatic heterocycles. The molecule has 1 aromatic rings. The molecule has 4 bridgehead atoms. The number of ether oxygens (including phenoxy) is 2. The number of aliphatic carboxylic acids is 1. The molecule has 1 unspecified atom stereocenters. The molecule has 1 saturated heterocycles. The highest BCUT2D eigenvalue weighted by atomic mass is 16.5. The summed E-state index contributed by atoms with van der Waals surface area (Å²) in [7, 11) is 0. The quantitative estimate of drug-likeness (QED) is 0.466. The molecular weight excluding hydrogens is 496 g/mol. The topological polar surface area (TPSA) is 165 Å². The number of carboxylic acids is 1. The van der Waals surface area contributed by atoms with Crippen LogP contribution in [0.2, 0.25) is 0 Å². The first kappa shape index (κ1) is 27.6. The lowest BCUT2D eigenvalue weighted by atomic mass is 10.0. The Bertz CT molecular complexity index is 1070. The molecule has 38 heavy (non-hydrogen) atoms. The Morgan fingerprint density at radius 2 is 2.11 bits per heavy atom. The molecule has 0 aromatic carbocycles. The second kappa shape index (κ2) is 11.5. The second-order valence-corrected chi connectivity index (χ2v) is 10.5. The molecule has 0 radical (unpaired) electrons. The summed E-state index contributed by atoms with van der Waals surface area (Å²) in [6.07, 6.45) is 4.80. The van der Waals surface area contributed by atoms with E-state index in [0.717, 1.165) is 12.8 Å². The van der Waals surface area contributed by atoms with Crippen molar-refractivity contribution in [2.24, 2.45) is 11.8 Å². The summed E-state index contributed by atoms with van der Waals surface area (Å²) >= 11 is 0. The van der Waals surface area contributed by atoms with Gasteiger partial charge in [-0.25, -0.2) is 9.59 Å². The average molecular weight is 533 g/mol. The number of hydrogen-bond acceptors (Lipinski definition) is 8. The monoisotopic (exact) mass is 532 g/mol. The van der Waals surface area contributed by atoms with Crippen LogP contribution in [-0.2, 0) is 37.0 Å². The van der Waals surface area contributed by atoms with Gasteiger partial charge in [0.1, 0.15) is 23.3 Å². The van der Waals surface area contributed by atoms with Crippen molar-refractivity contribution in [2.75, 3.05) is 13.2 Å². The van der Waals surface area contributed by atoms with Crippen LogP contribution in [0.1, 0.15) is 51.6 Å². The lowest BCUT2D eigenvalue weighted by Gasteiger charge is -2.30. The van der Waals surface area contributed by atoms with Gasteiger partial charge in [-0.1, -0.05) is 25.1 Å².